The second-order valence-electron chi connectivity index (χ2n) is 6.22. The van der Waals surface area contributed by atoms with Crippen LogP contribution in [0.3, 0.4) is 0 Å². The molecule has 0 aliphatic rings. The lowest BCUT2D eigenvalue weighted by Crippen LogP contribution is -2.17. The van der Waals surface area contributed by atoms with E-state index in [9.17, 15) is 22.7 Å². The molecule has 0 saturated carbocycles. The molecule has 30 heavy (non-hydrogen) atoms. The molecule has 0 saturated heterocycles. The molecule has 6 nitrogen and oxygen atoms in total. The molecule has 0 fully saturated rings. The maximum atomic E-state index is 13.9. The number of hydrogen-bond donors (Lipinski definition) is 3. The van der Waals surface area contributed by atoms with Crippen LogP contribution in [-0.4, -0.2) is 19.4 Å². The zero-order valence-corrected chi connectivity index (χ0v) is 17.5. The minimum absolute atomic E-state index is 0.0115. The summed E-state index contributed by atoms with van der Waals surface area (Å²) in [7, 11) is -4.03. The second kappa shape index (κ2) is 8.91. The standard InChI is InChI=1S/C20H15Cl2FN2O4S/c21-12-3-1-4-13(9-12)25-30(28,29)14-7-8-19(26)18(10-14)24-20(27)11-15-16(22)5-2-6-17(15)23/h1-10,25-26H,11H2,(H,24,27). The van der Waals surface area contributed by atoms with Gasteiger partial charge in [0.25, 0.3) is 10.0 Å². The number of sulfonamides is 1. The molecule has 0 radical (unpaired) electrons. The number of phenolic OH excluding ortho intramolecular Hbond substituents is 1. The molecule has 0 heterocycles. The van der Waals surface area contributed by atoms with Gasteiger partial charge in [-0.15, -0.1) is 0 Å². The smallest absolute Gasteiger partial charge is 0.261 e. The van der Waals surface area contributed by atoms with Gasteiger partial charge in [0.05, 0.1) is 22.7 Å². The summed E-state index contributed by atoms with van der Waals surface area (Å²) >= 11 is 11.8. The van der Waals surface area contributed by atoms with Crippen molar-refractivity contribution >= 4 is 50.5 Å². The van der Waals surface area contributed by atoms with E-state index in [0.717, 1.165) is 12.1 Å². The first kappa shape index (κ1) is 21.9. The van der Waals surface area contributed by atoms with Crippen molar-refractivity contribution in [2.75, 3.05) is 10.0 Å². The topological polar surface area (TPSA) is 95.5 Å². The number of carbonyl (C=O) groups excluding carboxylic acids is 1. The van der Waals surface area contributed by atoms with Crippen LogP contribution < -0.4 is 10.0 Å². The molecule has 0 aliphatic carbocycles. The minimum Gasteiger partial charge on any atom is -0.506 e. The normalized spacial score (nSPS) is 11.2. The van der Waals surface area contributed by atoms with Crippen LogP contribution in [0.2, 0.25) is 10.0 Å². The van der Waals surface area contributed by atoms with Crippen molar-refractivity contribution in [3.8, 4) is 5.75 Å². The van der Waals surface area contributed by atoms with Crippen LogP contribution in [-0.2, 0) is 21.2 Å². The number of amides is 1. The van der Waals surface area contributed by atoms with Crippen LogP contribution in [0.15, 0.2) is 65.6 Å². The van der Waals surface area contributed by atoms with E-state index >= 15 is 0 Å². The highest BCUT2D eigenvalue weighted by atomic mass is 35.5. The van der Waals surface area contributed by atoms with Gasteiger partial charge in [-0.25, -0.2) is 12.8 Å². The lowest BCUT2D eigenvalue weighted by molar-refractivity contribution is -0.115. The molecular weight excluding hydrogens is 454 g/mol. The van der Waals surface area contributed by atoms with Crippen molar-refractivity contribution in [1.82, 2.24) is 0 Å². The van der Waals surface area contributed by atoms with E-state index in [1.165, 1.54) is 36.4 Å². The molecule has 0 bridgehead atoms. The number of hydrogen-bond acceptors (Lipinski definition) is 4. The van der Waals surface area contributed by atoms with Crippen LogP contribution in [0.5, 0.6) is 5.75 Å². The average molecular weight is 469 g/mol. The predicted molar refractivity (Wildman–Crippen MR) is 114 cm³/mol. The number of carbonyl (C=O) groups is 1. The molecule has 0 aromatic heterocycles. The van der Waals surface area contributed by atoms with E-state index in [4.69, 9.17) is 23.2 Å². The van der Waals surface area contributed by atoms with E-state index in [1.807, 2.05) is 0 Å². The lowest BCUT2D eigenvalue weighted by Gasteiger charge is -2.12. The molecule has 0 spiro atoms. The number of benzene rings is 3. The third kappa shape index (κ3) is 5.21. The summed E-state index contributed by atoms with van der Waals surface area (Å²) in [5.74, 6) is -1.69. The average Bonchev–Trinajstić information content (AvgIpc) is 2.66. The highest BCUT2D eigenvalue weighted by Crippen LogP contribution is 2.28. The maximum absolute atomic E-state index is 13.9. The first-order valence-electron chi connectivity index (χ1n) is 8.50. The molecule has 3 aromatic rings. The summed E-state index contributed by atoms with van der Waals surface area (Å²) in [4.78, 5) is 12.1. The molecular formula is C20H15Cl2FN2O4S. The Morgan fingerprint density at radius 1 is 1.03 bits per heavy atom. The van der Waals surface area contributed by atoms with Gasteiger partial charge in [-0.05, 0) is 48.5 Å². The van der Waals surface area contributed by atoms with Crippen LogP contribution in [0, 0.1) is 5.82 Å². The van der Waals surface area contributed by atoms with Gasteiger partial charge in [0.2, 0.25) is 5.91 Å². The van der Waals surface area contributed by atoms with Gasteiger partial charge in [-0.1, -0.05) is 35.3 Å². The van der Waals surface area contributed by atoms with Crippen LogP contribution >= 0.6 is 23.2 Å². The molecule has 0 atom stereocenters. The Kier molecular flexibility index (Phi) is 6.50. The second-order valence-corrected chi connectivity index (χ2v) is 8.75. The fourth-order valence-electron chi connectivity index (χ4n) is 2.60. The Balaban J connectivity index is 1.82. The summed E-state index contributed by atoms with van der Waals surface area (Å²) in [6, 6.07) is 13.5. The fourth-order valence-corrected chi connectivity index (χ4v) is 4.10. The SMILES string of the molecule is O=C(Cc1c(F)cccc1Cl)Nc1cc(S(=O)(=O)Nc2cccc(Cl)c2)ccc1O. The first-order valence-corrected chi connectivity index (χ1v) is 10.7. The third-order valence-electron chi connectivity index (χ3n) is 4.03. The molecule has 3 rings (SSSR count). The number of rotatable bonds is 6. The highest BCUT2D eigenvalue weighted by molar-refractivity contribution is 7.92. The molecule has 10 heteroatoms. The lowest BCUT2D eigenvalue weighted by atomic mass is 10.1. The Morgan fingerprint density at radius 3 is 2.47 bits per heavy atom. The van der Waals surface area contributed by atoms with E-state index < -0.39 is 28.2 Å². The highest BCUT2D eigenvalue weighted by Gasteiger charge is 2.18. The van der Waals surface area contributed by atoms with Gasteiger partial charge in [0.15, 0.2) is 0 Å². The van der Waals surface area contributed by atoms with Crippen molar-refractivity contribution < 1.29 is 22.7 Å². The van der Waals surface area contributed by atoms with E-state index in [2.05, 4.69) is 10.0 Å². The third-order valence-corrected chi connectivity index (χ3v) is 6.00. The Labute approximate surface area is 182 Å². The van der Waals surface area contributed by atoms with Gasteiger partial charge in [-0.2, -0.15) is 0 Å². The summed E-state index contributed by atoms with van der Waals surface area (Å²) in [5, 5.41) is 12.8. The van der Waals surface area contributed by atoms with E-state index in [-0.39, 0.29) is 32.6 Å². The Hall–Kier alpha value is -2.81. The fraction of sp³-hybridized carbons (Fsp3) is 0.0500. The van der Waals surface area contributed by atoms with Crippen molar-refractivity contribution in [1.29, 1.82) is 0 Å². The van der Waals surface area contributed by atoms with Gasteiger partial charge in [0.1, 0.15) is 11.6 Å². The largest absolute Gasteiger partial charge is 0.506 e. The van der Waals surface area contributed by atoms with Gasteiger partial charge in [0, 0.05) is 15.6 Å². The summed E-state index contributed by atoms with van der Waals surface area (Å²) in [5.41, 5.74) is 0.0827. The predicted octanol–water partition coefficient (Wildman–Crippen LogP) is 4.82. The molecule has 3 N–H and O–H groups in total. The molecule has 1 amide bonds. The summed E-state index contributed by atoms with van der Waals surface area (Å²) in [6.45, 7) is 0. The van der Waals surface area contributed by atoms with Crippen LogP contribution in [0.25, 0.3) is 0 Å². The van der Waals surface area contributed by atoms with E-state index in [1.54, 1.807) is 12.1 Å². The first-order chi connectivity index (χ1) is 14.2. The van der Waals surface area contributed by atoms with Crippen molar-refractivity contribution in [2.24, 2.45) is 0 Å². The molecule has 156 valence electrons. The minimum atomic E-state index is -4.03. The zero-order valence-electron chi connectivity index (χ0n) is 15.2. The monoisotopic (exact) mass is 468 g/mol. The van der Waals surface area contributed by atoms with Gasteiger partial charge < -0.3 is 10.4 Å². The number of nitrogens with one attached hydrogen (secondary N) is 2. The molecule has 3 aromatic carbocycles. The maximum Gasteiger partial charge on any atom is 0.261 e. The number of aromatic hydroxyl groups is 1. The molecule has 0 unspecified atom stereocenters. The van der Waals surface area contributed by atoms with Gasteiger partial charge in [-0.3, -0.25) is 9.52 Å². The van der Waals surface area contributed by atoms with Gasteiger partial charge >= 0.3 is 0 Å². The van der Waals surface area contributed by atoms with Crippen LogP contribution in [0.4, 0.5) is 15.8 Å². The van der Waals surface area contributed by atoms with Crippen molar-refractivity contribution in [3.05, 3.63) is 82.1 Å². The van der Waals surface area contributed by atoms with E-state index in [0.29, 0.717) is 5.02 Å². The van der Waals surface area contributed by atoms with Crippen molar-refractivity contribution in [3.63, 3.8) is 0 Å². The molecule has 0 aliphatic heterocycles. The zero-order chi connectivity index (χ0) is 21.9. The Bertz CT molecular complexity index is 1200. The number of anilines is 2. The van der Waals surface area contributed by atoms with Crippen LogP contribution in [0.1, 0.15) is 5.56 Å². The number of halogens is 3. The summed E-state index contributed by atoms with van der Waals surface area (Å²) in [6.07, 6.45) is -0.400. The Morgan fingerprint density at radius 2 is 1.77 bits per heavy atom. The number of phenols is 1. The quantitative estimate of drug-likeness (QED) is 0.451. The summed E-state index contributed by atoms with van der Waals surface area (Å²) < 4.78 is 41.5. The van der Waals surface area contributed by atoms with Crippen molar-refractivity contribution in [2.45, 2.75) is 11.3 Å².